The number of halogens is 3. The quantitative estimate of drug-likeness (QED) is 0.661. The van der Waals surface area contributed by atoms with Gasteiger partial charge in [0.15, 0.2) is 6.23 Å². The molecule has 0 bridgehead atoms. The lowest BCUT2D eigenvalue weighted by Crippen LogP contribution is -2.43. The summed E-state index contributed by atoms with van der Waals surface area (Å²) in [4.78, 5) is 16.0. The van der Waals surface area contributed by atoms with E-state index in [1.165, 1.54) is 6.07 Å². The van der Waals surface area contributed by atoms with Gasteiger partial charge >= 0.3 is 0 Å². The Morgan fingerprint density at radius 1 is 1.21 bits per heavy atom. The molecular weight excluding hydrogens is 311 g/mol. The predicted molar refractivity (Wildman–Crippen MR) is 75.5 cm³/mol. The van der Waals surface area contributed by atoms with E-state index in [4.69, 9.17) is 34.8 Å². The second kappa shape index (κ2) is 5.51. The maximum atomic E-state index is 11.8. The molecule has 2 N–H and O–H groups in total. The number of hydrogen-bond acceptors (Lipinski definition) is 3. The fraction of sp³-hybridized carbons (Fsp3) is 0.167. The van der Waals surface area contributed by atoms with Gasteiger partial charge in [-0.05, 0) is 12.1 Å². The topological polar surface area (TPSA) is 62.2 Å². The van der Waals surface area contributed by atoms with E-state index in [-0.39, 0.29) is 5.69 Å². The van der Waals surface area contributed by atoms with Gasteiger partial charge in [0.1, 0.15) is 5.69 Å². The minimum Gasteiger partial charge on any atom is -0.369 e. The molecule has 2 aromatic rings. The first-order chi connectivity index (χ1) is 8.88. The fourth-order valence-electron chi connectivity index (χ4n) is 1.47. The van der Waals surface area contributed by atoms with Crippen molar-refractivity contribution in [1.82, 2.24) is 10.3 Å². The maximum Gasteiger partial charge on any atom is 0.271 e. The lowest BCUT2D eigenvalue weighted by atomic mass is 10.2. The summed E-state index contributed by atoms with van der Waals surface area (Å²) in [6.45, 7) is 0. The van der Waals surface area contributed by atoms with E-state index in [0.717, 1.165) is 5.39 Å². The molecule has 1 amide bonds. The van der Waals surface area contributed by atoms with Crippen molar-refractivity contribution >= 4 is 51.6 Å². The minimum absolute atomic E-state index is 0.131. The third-order valence-electron chi connectivity index (χ3n) is 2.41. The molecule has 0 saturated carbocycles. The normalized spacial score (nSPS) is 13.3. The number of carbonyl (C=O) groups is 1. The van der Waals surface area contributed by atoms with Gasteiger partial charge in [-0.2, -0.15) is 0 Å². The molecule has 1 atom stereocenters. The summed E-state index contributed by atoms with van der Waals surface area (Å²) < 4.78 is -1.99. The molecule has 4 nitrogen and oxygen atoms in total. The average molecular weight is 320 g/mol. The summed E-state index contributed by atoms with van der Waals surface area (Å²) >= 11 is 16.4. The van der Waals surface area contributed by atoms with Gasteiger partial charge in [0, 0.05) is 5.39 Å². The van der Waals surface area contributed by atoms with Crippen LogP contribution in [0, 0.1) is 0 Å². The van der Waals surface area contributed by atoms with E-state index in [1.807, 2.05) is 18.2 Å². The van der Waals surface area contributed by atoms with Crippen molar-refractivity contribution in [3.63, 3.8) is 0 Å². The summed E-state index contributed by atoms with van der Waals surface area (Å²) in [5.41, 5.74) is 0.797. The van der Waals surface area contributed by atoms with Gasteiger partial charge in [0.2, 0.25) is 3.79 Å². The highest BCUT2D eigenvalue weighted by Crippen LogP contribution is 2.29. The highest BCUT2D eigenvalue weighted by atomic mass is 35.6. The number of rotatable bonds is 2. The van der Waals surface area contributed by atoms with Gasteiger partial charge in [-0.1, -0.05) is 59.1 Å². The van der Waals surface area contributed by atoms with Gasteiger partial charge in [-0.15, -0.1) is 0 Å². The number of pyridine rings is 1. The SMILES string of the molecule is O=C(N[C@H](O)C(Cl)(Cl)Cl)c1ccc2ccccc2n1. The molecule has 1 heterocycles. The van der Waals surface area contributed by atoms with Gasteiger partial charge < -0.3 is 10.4 Å². The van der Waals surface area contributed by atoms with Crippen LogP contribution in [0.5, 0.6) is 0 Å². The highest BCUT2D eigenvalue weighted by Gasteiger charge is 2.32. The highest BCUT2D eigenvalue weighted by molar-refractivity contribution is 6.68. The number of para-hydroxylation sites is 1. The molecule has 1 aromatic carbocycles. The zero-order valence-electron chi connectivity index (χ0n) is 9.48. The van der Waals surface area contributed by atoms with E-state index in [1.54, 1.807) is 12.1 Å². The number of fused-ring (bicyclic) bond motifs is 1. The van der Waals surface area contributed by atoms with Crippen LogP contribution in [0.4, 0.5) is 0 Å². The van der Waals surface area contributed by atoms with Crippen molar-refractivity contribution in [2.75, 3.05) is 0 Å². The number of aromatic nitrogens is 1. The van der Waals surface area contributed by atoms with Gasteiger partial charge in [-0.3, -0.25) is 4.79 Å². The number of hydrogen-bond donors (Lipinski definition) is 2. The number of aliphatic hydroxyl groups excluding tert-OH is 1. The molecule has 0 radical (unpaired) electrons. The predicted octanol–water partition coefficient (Wildman–Crippen LogP) is 2.65. The number of nitrogens with zero attached hydrogens (tertiary/aromatic N) is 1. The largest absolute Gasteiger partial charge is 0.369 e. The molecule has 0 spiro atoms. The van der Waals surface area contributed by atoms with E-state index >= 15 is 0 Å². The standard InChI is InChI=1S/C12H9Cl3N2O2/c13-12(14,15)11(19)17-10(18)9-6-5-7-3-1-2-4-8(7)16-9/h1-6,11,19H,(H,17,18)/t11-/m1/s1. The number of nitrogens with one attached hydrogen (secondary N) is 1. The Morgan fingerprint density at radius 2 is 1.89 bits per heavy atom. The van der Waals surface area contributed by atoms with Crippen molar-refractivity contribution in [3.05, 3.63) is 42.1 Å². The Morgan fingerprint density at radius 3 is 2.58 bits per heavy atom. The number of benzene rings is 1. The van der Waals surface area contributed by atoms with Crippen molar-refractivity contribution in [2.45, 2.75) is 10.0 Å². The molecule has 0 fully saturated rings. The van der Waals surface area contributed by atoms with E-state index in [9.17, 15) is 9.90 Å². The van der Waals surface area contributed by atoms with E-state index < -0.39 is 15.9 Å². The van der Waals surface area contributed by atoms with Crippen molar-refractivity contribution in [1.29, 1.82) is 0 Å². The van der Waals surface area contributed by atoms with Crippen molar-refractivity contribution < 1.29 is 9.90 Å². The van der Waals surface area contributed by atoms with Gasteiger partial charge in [0.25, 0.3) is 5.91 Å². The molecule has 100 valence electrons. The van der Waals surface area contributed by atoms with Crippen LogP contribution >= 0.6 is 34.8 Å². The minimum atomic E-state index is -1.99. The van der Waals surface area contributed by atoms with Crippen LogP contribution in [-0.2, 0) is 0 Å². The summed E-state index contributed by atoms with van der Waals surface area (Å²) in [7, 11) is 0. The summed E-state index contributed by atoms with van der Waals surface area (Å²) in [6.07, 6.45) is -1.61. The Hall–Kier alpha value is -1.07. The molecular formula is C12H9Cl3N2O2. The Labute approximate surface area is 124 Å². The van der Waals surface area contributed by atoms with Crippen LogP contribution in [0.2, 0.25) is 0 Å². The molecule has 0 saturated heterocycles. The van der Waals surface area contributed by atoms with Gasteiger partial charge in [0.05, 0.1) is 5.52 Å². The first-order valence-corrected chi connectivity index (χ1v) is 6.43. The third-order valence-corrected chi connectivity index (χ3v) is 3.03. The molecule has 0 unspecified atom stereocenters. The molecule has 19 heavy (non-hydrogen) atoms. The van der Waals surface area contributed by atoms with Crippen LogP contribution in [0.25, 0.3) is 10.9 Å². The Balaban J connectivity index is 2.22. The smallest absolute Gasteiger partial charge is 0.271 e. The third kappa shape index (κ3) is 3.48. The van der Waals surface area contributed by atoms with E-state index in [0.29, 0.717) is 5.52 Å². The first-order valence-electron chi connectivity index (χ1n) is 5.29. The van der Waals surface area contributed by atoms with Crippen LogP contribution in [0.15, 0.2) is 36.4 Å². The van der Waals surface area contributed by atoms with Crippen molar-refractivity contribution in [3.8, 4) is 0 Å². The number of carbonyl (C=O) groups excluding carboxylic acids is 1. The lowest BCUT2D eigenvalue weighted by molar-refractivity contribution is 0.0787. The average Bonchev–Trinajstić information content (AvgIpc) is 2.37. The number of aliphatic hydroxyl groups is 1. The van der Waals surface area contributed by atoms with Crippen LogP contribution in [-0.4, -0.2) is 26.0 Å². The van der Waals surface area contributed by atoms with Gasteiger partial charge in [-0.25, -0.2) is 4.98 Å². The fourth-order valence-corrected chi connectivity index (χ4v) is 1.64. The Kier molecular flexibility index (Phi) is 4.16. The monoisotopic (exact) mass is 318 g/mol. The summed E-state index contributed by atoms with van der Waals surface area (Å²) in [5, 5.41) is 12.5. The first kappa shape index (κ1) is 14.3. The molecule has 0 aliphatic carbocycles. The summed E-state index contributed by atoms with van der Waals surface area (Å²) in [5.74, 6) is -0.621. The Bertz CT molecular complexity index is 613. The molecule has 2 rings (SSSR count). The lowest BCUT2D eigenvalue weighted by Gasteiger charge is -2.19. The number of alkyl halides is 3. The number of amides is 1. The second-order valence-corrected chi connectivity index (χ2v) is 6.18. The van der Waals surface area contributed by atoms with Crippen LogP contribution < -0.4 is 5.32 Å². The van der Waals surface area contributed by atoms with E-state index in [2.05, 4.69) is 10.3 Å². The second-order valence-electron chi connectivity index (χ2n) is 3.81. The molecule has 0 aliphatic heterocycles. The molecule has 7 heteroatoms. The maximum absolute atomic E-state index is 11.8. The molecule has 1 aromatic heterocycles. The molecule has 0 aliphatic rings. The zero-order chi connectivity index (χ0) is 14.0. The van der Waals surface area contributed by atoms with Crippen LogP contribution in [0.1, 0.15) is 10.5 Å². The zero-order valence-corrected chi connectivity index (χ0v) is 11.7. The van der Waals surface area contributed by atoms with Crippen LogP contribution in [0.3, 0.4) is 0 Å². The van der Waals surface area contributed by atoms with Crippen molar-refractivity contribution in [2.24, 2.45) is 0 Å². The summed E-state index contributed by atoms with van der Waals surface area (Å²) in [6, 6.07) is 10.6.